The summed E-state index contributed by atoms with van der Waals surface area (Å²) in [6.45, 7) is 5.46. The average Bonchev–Trinajstić information content (AvgIpc) is 2.58. The predicted molar refractivity (Wildman–Crippen MR) is 116 cm³/mol. The smallest absolute Gasteiger partial charge is 0.134 e. The Bertz CT molecular complexity index is 616. The van der Waals surface area contributed by atoms with Crippen LogP contribution < -0.4 is 15.4 Å². The number of benzene rings is 2. The van der Waals surface area contributed by atoms with Crippen molar-refractivity contribution in [3.8, 4) is 5.75 Å². The number of nitrogens with one attached hydrogen (secondary N) is 2. The van der Waals surface area contributed by atoms with E-state index in [0.717, 1.165) is 35.4 Å². The molecular formula is C19H27BrCl2N2O2. The fourth-order valence-corrected chi connectivity index (χ4v) is 2.77. The third-order valence-corrected chi connectivity index (χ3v) is 4.10. The molecule has 2 aromatic carbocycles. The molecule has 3 N–H and O–H groups in total. The molecule has 0 radical (unpaired) electrons. The molecule has 0 aromatic heterocycles. The number of hydrogen-bond donors (Lipinski definition) is 3. The van der Waals surface area contributed by atoms with Crippen molar-refractivity contribution in [3.05, 3.63) is 64.1 Å². The molecule has 0 saturated heterocycles. The molecule has 2 aromatic rings. The molecule has 146 valence electrons. The van der Waals surface area contributed by atoms with E-state index in [0.29, 0.717) is 13.2 Å². The molecule has 0 aliphatic rings. The van der Waals surface area contributed by atoms with Crippen molar-refractivity contribution in [2.24, 2.45) is 0 Å². The minimum Gasteiger partial charge on any atom is -0.488 e. The summed E-state index contributed by atoms with van der Waals surface area (Å²) in [6.07, 6.45) is -0.301. The zero-order chi connectivity index (χ0) is 17.2. The predicted octanol–water partition coefficient (Wildman–Crippen LogP) is 3.93. The van der Waals surface area contributed by atoms with Crippen LogP contribution in [0.4, 0.5) is 0 Å². The normalized spacial score (nSPS) is 11.2. The van der Waals surface area contributed by atoms with E-state index in [9.17, 15) is 0 Å². The molecule has 0 heterocycles. The molecule has 0 bridgehead atoms. The van der Waals surface area contributed by atoms with E-state index < -0.39 is 0 Å². The molecule has 0 amide bonds. The van der Waals surface area contributed by atoms with Crippen LogP contribution in [0.1, 0.15) is 18.1 Å². The number of halogens is 3. The van der Waals surface area contributed by atoms with E-state index in [1.165, 1.54) is 5.56 Å². The third kappa shape index (κ3) is 9.76. The van der Waals surface area contributed by atoms with Gasteiger partial charge in [-0.1, -0.05) is 36.4 Å². The maximum atomic E-state index is 9.16. The van der Waals surface area contributed by atoms with Crippen molar-refractivity contribution in [3.63, 3.8) is 0 Å². The number of rotatable bonds is 10. The van der Waals surface area contributed by atoms with E-state index in [4.69, 9.17) is 9.84 Å². The maximum absolute atomic E-state index is 9.16. The monoisotopic (exact) mass is 464 g/mol. The number of ether oxygens (including phenoxy) is 1. The van der Waals surface area contributed by atoms with Gasteiger partial charge in [-0.05, 0) is 46.1 Å². The lowest BCUT2D eigenvalue weighted by molar-refractivity contribution is 0.191. The molecular weight excluding hydrogens is 439 g/mol. The fraction of sp³-hybridized carbons (Fsp3) is 0.368. The SMILES string of the molecule is CC(O)CNCCNCc1ccc(OCc2ccccc2)c(Br)c1.Cl.Cl. The lowest BCUT2D eigenvalue weighted by Crippen LogP contribution is -2.31. The summed E-state index contributed by atoms with van der Waals surface area (Å²) in [6, 6.07) is 16.3. The quantitative estimate of drug-likeness (QED) is 0.465. The van der Waals surface area contributed by atoms with Crippen LogP contribution in [-0.2, 0) is 13.2 Å². The number of aliphatic hydroxyl groups excluding tert-OH is 1. The van der Waals surface area contributed by atoms with Gasteiger partial charge in [-0.15, -0.1) is 24.8 Å². The molecule has 0 fully saturated rings. The standard InChI is InChI=1S/C19H25BrN2O2.2ClH/c1-15(23)12-21-9-10-22-13-17-7-8-19(18(20)11-17)24-14-16-5-3-2-4-6-16;;/h2-8,11,15,21-23H,9-10,12-14H2,1H3;2*1H. The number of hydrogen-bond acceptors (Lipinski definition) is 4. The van der Waals surface area contributed by atoms with Crippen LogP contribution in [0.15, 0.2) is 53.0 Å². The Morgan fingerprint density at radius 2 is 1.69 bits per heavy atom. The van der Waals surface area contributed by atoms with Gasteiger partial charge >= 0.3 is 0 Å². The second-order valence-corrected chi connectivity index (χ2v) is 6.62. The Hall–Kier alpha value is -0.820. The van der Waals surface area contributed by atoms with Gasteiger partial charge in [0.2, 0.25) is 0 Å². The van der Waals surface area contributed by atoms with E-state index in [-0.39, 0.29) is 30.9 Å². The molecule has 26 heavy (non-hydrogen) atoms. The first-order valence-corrected chi connectivity index (χ1v) is 8.99. The highest BCUT2D eigenvalue weighted by molar-refractivity contribution is 9.10. The second-order valence-electron chi connectivity index (χ2n) is 5.77. The molecule has 7 heteroatoms. The van der Waals surface area contributed by atoms with Gasteiger partial charge < -0.3 is 20.5 Å². The third-order valence-electron chi connectivity index (χ3n) is 3.48. The van der Waals surface area contributed by atoms with E-state index in [1.54, 1.807) is 6.92 Å². The molecule has 1 atom stereocenters. The summed E-state index contributed by atoms with van der Waals surface area (Å²) >= 11 is 3.58. The van der Waals surface area contributed by atoms with Gasteiger partial charge in [0.1, 0.15) is 12.4 Å². The number of aliphatic hydroxyl groups is 1. The van der Waals surface area contributed by atoms with Crippen molar-refractivity contribution in [1.29, 1.82) is 0 Å². The largest absolute Gasteiger partial charge is 0.488 e. The van der Waals surface area contributed by atoms with Crippen LogP contribution in [0, 0.1) is 0 Å². The first-order chi connectivity index (χ1) is 11.6. The summed E-state index contributed by atoms with van der Waals surface area (Å²) < 4.78 is 6.82. The Balaban J connectivity index is 0.00000312. The van der Waals surface area contributed by atoms with Gasteiger partial charge in [0.15, 0.2) is 0 Å². The second kappa shape index (κ2) is 14.3. The summed E-state index contributed by atoms with van der Waals surface area (Å²) in [5.74, 6) is 0.848. The van der Waals surface area contributed by atoms with Crippen LogP contribution in [0.5, 0.6) is 5.75 Å². The zero-order valence-electron chi connectivity index (χ0n) is 14.8. The highest BCUT2D eigenvalue weighted by atomic mass is 79.9. The summed E-state index contributed by atoms with van der Waals surface area (Å²) in [5, 5.41) is 15.7. The topological polar surface area (TPSA) is 53.5 Å². The molecule has 0 spiro atoms. The lowest BCUT2D eigenvalue weighted by Gasteiger charge is -2.11. The van der Waals surface area contributed by atoms with Gasteiger partial charge in [0, 0.05) is 26.2 Å². The summed E-state index contributed by atoms with van der Waals surface area (Å²) in [5.41, 5.74) is 2.35. The Morgan fingerprint density at radius 3 is 2.35 bits per heavy atom. The van der Waals surface area contributed by atoms with Crippen LogP contribution in [0.3, 0.4) is 0 Å². The van der Waals surface area contributed by atoms with Crippen LogP contribution in [0.2, 0.25) is 0 Å². The van der Waals surface area contributed by atoms with Crippen molar-refractivity contribution < 1.29 is 9.84 Å². The maximum Gasteiger partial charge on any atom is 0.134 e. The van der Waals surface area contributed by atoms with Gasteiger partial charge in [0.25, 0.3) is 0 Å². The first-order valence-electron chi connectivity index (χ1n) is 8.20. The molecule has 1 unspecified atom stereocenters. The highest BCUT2D eigenvalue weighted by Gasteiger charge is 2.03. The Morgan fingerprint density at radius 1 is 1.00 bits per heavy atom. The molecule has 0 aliphatic heterocycles. The minimum absolute atomic E-state index is 0. The Labute approximate surface area is 176 Å². The van der Waals surface area contributed by atoms with Crippen molar-refractivity contribution in [1.82, 2.24) is 10.6 Å². The van der Waals surface area contributed by atoms with Crippen LogP contribution in [-0.4, -0.2) is 30.8 Å². The fourth-order valence-electron chi connectivity index (χ4n) is 2.23. The summed E-state index contributed by atoms with van der Waals surface area (Å²) in [4.78, 5) is 0. The van der Waals surface area contributed by atoms with Crippen molar-refractivity contribution in [2.75, 3.05) is 19.6 Å². The molecule has 2 rings (SSSR count). The van der Waals surface area contributed by atoms with E-state index in [1.807, 2.05) is 24.3 Å². The summed E-state index contributed by atoms with van der Waals surface area (Å²) in [7, 11) is 0. The van der Waals surface area contributed by atoms with E-state index in [2.05, 4.69) is 50.8 Å². The molecule has 0 saturated carbocycles. The van der Waals surface area contributed by atoms with Crippen molar-refractivity contribution in [2.45, 2.75) is 26.2 Å². The molecule has 4 nitrogen and oxygen atoms in total. The minimum atomic E-state index is -0.301. The van der Waals surface area contributed by atoms with Crippen LogP contribution in [0.25, 0.3) is 0 Å². The Kier molecular flexibility index (Phi) is 13.8. The molecule has 0 aliphatic carbocycles. The van der Waals surface area contributed by atoms with Gasteiger partial charge in [-0.25, -0.2) is 0 Å². The van der Waals surface area contributed by atoms with Gasteiger partial charge in [0.05, 0.1) is 10.6 Å². The lowest BCUT2D eigenvalue weighted by atomic mass is 10.2. The van der Waals surface area contributed by atoms with Crippen LogP contribution >= 0.6 is 40.7 Å². The first kappa shape index (κ1) is 25.2. The van der Waals surface area contributed by atoms with Gasteiger partial charge in [-0.3, -0.25) is 0 Å². The van der Waals surface area contributed by atoms with Crippen molar-refractivity contribution >= 4 is 40.7 Å². The average molecular weight is 466 g/mol. The highest BCUT2D eigenvalue weighted by Crippen LogP contribution is 2.26. The zero-order valence-corrected chi connectivity index (χ0v) is 18.0. The van der Waals surface area contributed by atoms with Gasteiger partial charge in [-0.2, -0.15) is 0 Å². The van der Waals surface area contributed by atoms with E-state index >= 15 is 0 Å².